The SMILES string of the molecule is Cc1nc(C2CCCN(C(=O)C3CCN(S(C)(=O)=O)CC3)C2)c2cccnc2n1. The van der Waals surface area contributed by atoms with Gasteiger partial charge in [0.2, 0.25) is 15.9 Å². The molecular formula is C20H27N5O3S. The van der Waals surface area contributed by atoms with Crippen molar-refractivity contribution in [2.45, 2.75) is 38.5 Å². The van der Waals surface area contributed by atoms with E-state index in [1.54, 1.807) is 6.20 Å². The fourth-order valence-corrected chi connectivity index (χ4v) is 5.38. The summed E-state index contributed by atoms with van der Waals surface area (Å²) in [5, 5.41) is 0.957. The number of amides is 1. The second kappa shape index (κ2) is 7.95. The fourth-order valence-electron chi connectivity index (χ4n) is 4.50. The van der Waals surface area contributed by atoms with Crippen molar-refractivity contribution in [3.05, 3.63) is 29.8 Å². The lowest BCUT2D eigenvalue weighted by atomic mass is 9.90. The highest BCUT2D eigenvalue weighted by molar-refractivity contribution is 7.88. The molecule has 8 nitrogen and oxygen atoms in total. The van der Waals surface area contributed by atoms with E-state index >= 15 is 0 Å². The van der Waals surface area contributed by atoms with Crippen molar-refractivity contribution in [1.29, 1.82) is 0 Å². The van der Waals surface area contributed by atoms with Crippen LogP contribution < -0.4 is 0 Å². The van der Waals surface area contributed by atoms with Crippen LogP contribution in [0.25, 0.3) is 11.0 Å². The third-order valence-corrected chi connectivity index (χ3v) is 7.31. The first kappa shape index (κ1) is 20.2. The van der Waals surface area contributed by atoms with Gasteiger partial charge in [-0.15, -0.1) is 0 Å². The van der Waals surface area contributed by atoms with E-state index in [-0.39, 0.29) is 17.7 Å². The Kier molecular flexibility index (Phi) is 5.52. The molecule has 156 valence electrons. The van der Waals surface area contributed by atoms with Gasteiger partial charge in [0.25, 0.3) is 0 Å². The molecule has 2 aromatic rings. The average Bonchev–Trinajstić information content (AvgIpc) is 2.72. The Morgan fingerprint density at radius 3 is 2.62 bits per heavy atom. The molecule has 0 spiro atoms. The monoisotopic (exact) mass is 417 g/mol. The summed E-state index contributed by atoms with van der Waals surface area (Å²) in [4.78, 5) is 28.6. The van der Waals surface area contributed by atoms with Gasteiger partial charge < -0.3 is 4.90 Å². The highest BCUT2D eigenvalue weighted by Gasteiger charge is 2.34. The van der Waals surface area contributed by atoms with E-state index in [0.29, 0.717) is 43.9 Å². The van der Waals surface area contributed by atoms with Gasteiger partial charge in [0.05, 0.1) is 11.9 Å². The van der Waals surface area contributed by atoms with Gasteiger partial charge in [-0.1, -0.05) is 0 Å². The van der Waals surface area contributed by atoms with Crippen LogP contribution in [0.3, 0.4) is 0 Å². The van der Waals surface area contributed by atoms with Gasteiger partial charge in [0.1, 0.15) is 5.82 Å². The van der Waals surface area contributed by atoms with Gasteiger partial charge >= 0.3 is 0 Å². The van der Waals surface area contributed by atoms with Crippen molar-refractivity contribution in [3.63, 3.8) is 0 Å². The van der Waals surface area contributed by atoms with Crippen molar-refractivity contribution in [2.75, 3.05) is 32.4 Å². The molecular weight excluding hydrogens is 390 g/mol. The molecule has 9 heteroatoms. The Hall–Kier alpha value is -2.13. The normalized spacial score (nSPS) is 22.1. The lowest BCUT2D eigenvalue weighted by molar-refractivity contribution is -0.138. The van der Waals surface area contributed by atoms with Crippen molar-refractivity contribution >= 4 is 27.0 Å². The minimum atomic E-state index is -3.18. The van der Waals surface area contributed by atoms with Gasteiger partial charge in [-0.25, -0.2) is 27.7 Å². The molecule has 1 atom stereocenters. The van der Waals surface area contributed by atoms with Crippen molar-refractivity contribution in [3.8, 4) is 0 Å². The van der Waals surface area contributed by atoms with E-state index in [1.807, 2.05) is 24.0 Å². The largest absolute Gasteiger partial charge is 0.342 e. The van der Waals surface area contributed by atoms with Crippen LogP contribution in [-0.4, -0.2) is 70.9 Å². The topological polar surface area (TPSA) is 96.4 Å². The number of hydrogen-bond donors (Lipinski definition) is 0. The molecule has 29 heavy (non-hydrogen) atoms. The predicted octanol–water partition coefficient (Wildman–Crippen LogP) is 1.71. The van der Waals surface area contributed by atoms with E-state index in [0.717, 1.165) is 30.5 Å². The fraction of sp³-hybridized carbons (Fsp3) is 0.600. The van der Waals surface area contributed by atoms with Crippen LogP contribution in [0.15, 0.2) is 18.3 Å². The van der Waals surface area contributed by atoms with E-state index in [4.69, 9.17) is 4.98 Å². The number of likely N-dealkylation sites (tertiary alicyclic amines) is 1. The number of sulfonamides is 1. The smallest absolute Gasteiger partial charge is 0.225 e. The Morgan fingerprint density at radius 2 is 1.90 bits per heavy atom. The average molecular weight is 418 g/mol. The van der Waals surface area contributed by atoms with Crippen LogP contribution in [0.5, 0.6) is 0 Å². The minimum Gasteiger partial charge on any atom is -0.342 e. The lowest BCUT2D eigenvalue weighted by Crippen LogP contribution is -2.46. The zero-order chi connectivity index (χ0) is 20.6. The summed E-state index contributed by atoms with van der Waals surface area (Å²) in [6.45, 7) is 4.12. The first-order chi connectivity index (χ1) is 13.8. The third kappa shape index (κ3) is 4.25. The summed E-state index contributed by atoms with van der Waals surface area (Å²) >= 11 is 0. The van der Waals surface area contributed by atoms with Crippen LogP contribution in [0.2, 0.25) is 0 Å². The molecule has 0 aromatic carbocycles. The zero-order valence-corrected chi connectivity index (χ0v) is 17.7. The Balaban J connectivity index is 1.49. The van der Waals surface area contributed by atoms with Crippen LogP contribution in [0.1, 0.15) is 43.1 Å². The summed E-state index contributed by atoms with van der Waals surface area (Å²) in [6.07, 6.45) is 6.06. The number of aromatic nitrogens is 3. The van der Waals surface area contributed by atoms with Crippen LogP contribution in [0, 0.1) is 12.8 Å². The molecule has 2 aromatic heterocycles. The molecule has 2 aliphatic rings. The van der Waals surface area contributed by atoms with Gasteiger partial charge in [-0.05, 0) is 44.7 Å². The molecule has 0 bridgehead atoms. The second-order valence-electron chi connectivity index (χ2n) is 8.09. The Labute approximate surface area is 171 Å². The quantitative estimate of drug-likeness (QED) is 0.754. The first-order valence-electron chi connectivity index (χ1n) is 10.2. The maximum Gasteiger partial charge on any atom is 0.225 e. The number of carbonyl (C=O) groups excluding carboxylic acids is 1. The Bertz CT molecular complexity index is 1020. The molecule has 2 aliphatic heterocycles. The van der Waals surface area contributed by atoms with Crippen molar-refractivity contribution in [1.82, 2.24) is 24.2 Å². The number of carbonyl (C=O) groups is 1. The number of nitrogens with zero attached hydrogens (tertiary/aromatic N) is 5. The number of piperidine rings is 2. The molecule has 0 aliphatic carbocycles. The molecule has 0 radical (unpaired) electrons. The van der Waals surface area contributed by atoms with Crippen molar-refractivity contribution < 1.29 is 13.2 Å². The van der Waals surface area contributed by atoms with Gasteiger partial charge in [-0.2, -0.15) is 0 Å². The summed E-state index contributed by atoms with van der Waals surface area (Å²) in [5.74, 6) is 0.911. The third-order valence-electron chi connectivity index (χ3n) is 6.00. The molecule has 4 rings (SSSR count). The maximum absolute atomic E-state index is 13.1. The maximum atomic E-state index is 13.1. The van der Waals surface area contributed by atoms with Crippen molar-refractivity contribution in [2.24, 2.45) is 5.92 Å². The zero-order valence-electron chi connectivity index (χ0n) is 16.9. The predicted molar refractivity (Wildman–Crippen MR) is 110 cm³/mol. The number of hydrogen-bond acceptors (Lipinski definition) is 6. The molecule has 0 saturated carbocycles. The second-order valence-corrected chi connectivity index (χ2v) is 10.1. The molecule has 0 N–H and O–H groups in total. The van der Waals surface area contributed by atoms with E-state index < -0.39 is 10.0 Å². The Morgan fingerprint density at radius 1 is 1.14 bits per heavy atom. The summed E-state index contributed by atoms with van der Waals surface area (Å²) in [7, 11) is -3.18. The number of pyridine rings is 1. The molecule has 4 heterocycles. The van der Waals surface area contributed by atoms with E-state index in [2.05, 4.69) is 9.97 Å². The number of fused-ring (bicyclic) bond motifs is 1. The molecule has 2 fully saturated rings. The van der Waals surface area contributed by atoms with Gasteiger partial charge in [0, 0.05) is 49.6 Å². The van der Waals surface area contributed by atoms with Crippen LogP contribution >= 0.6 is 0 Å². The summed E-state index contributed by atoms with van der Waals surface area (Å²) < 4.78 is 24.9. The van der Waals surface area contributed by atoms with Crippen LogP contribution in [-0.2, 0) is 14.8 Å². The highest BCUT2D eigenvalue weighted by atomic mass is 32.2. The number of rotatable bonds is 3. The minimum absolute atomic E-state index is 0.0997. The summed E-state index contributed by atoms with van der Waals surface area (Å²) in [6, 6.07) is 3.89. The van der Waals surface area contributed by atoms with E-state index in [9.17, 15) is 13.2 Å². The lowest BCUT2D eigenvalue weighted by Gasteiger charge is -2.37. The molecule has 1 amide bonds. The van der Waals surface area contributed by atoms with E-state index in [1.165, 1.54) is 10.6 Å². The first-order valence-corrected chi connectivity index (χ1v) is 12.0. The summed E-state index contributed by atoms with van der Waals surface area (Å²) in [5.41, 5.74) is 1.68. The van der Waals surface area contributed by atoms with Gasteiger partial charge in [-0.3, -0.25) is 4.79 Å². The standard InChI is InChI=1S/C20H27N5O3S/c1-14-22-18(17-6-3-9-21-19(17)23-14)16-5-4-10-24(13-16)20(26)15-7-11-25(12-8-15)29(2,27)28/h3,6,9,15-16H,4-5,7-8,10-13H2,1-2H3. The molecule has 1 unspecified atom stereocenters. The number of aryl methyl sites for hydroxylation is 1. The van der Waals surface area contributed by atoms with Crippen LogP contribution in [0.4, 0.5) is 0 Å². The van der Waals surface area contributed by atoms with Gasteiger partial charge in [0.15, 0.2) is 5.65 Å². The highest BCUT2D eigenvalue weighted by Crippen LogP contribution is 2.31. The molecule has 2 saturated heterocycles.